The van der Waals surface area contributed by atoms with Gasteiger partial charge in [-0.05, 0) is 62.8 Å². The van der Waals surface area contributed by atoms with E-state index in [1.807, 2.05) is 36.2 Å². The molecule has 8 heteroatoms. The molecule has 1 aromatic heterocycles. The number of nitro benzene ring substituents is 1. The van der Waals surface area contributed by atoms with Crippen molar-refractivity contribution in [2.24, 2.45) is 0 Å². The van der Waals surface area contributed by atoms with E-state index in [-0.39, 0.29) is 11.2 Å². The number of aromatic nitrogens is 2. The van der Waals surface area contributed by atoms with E-state index in [1.165, 1.54) is 28.3 Å². The minimum atomic E-state index is -0.495. The average molecular weight is 521 g/mol. The molecule has 8 nitrogen and oxygen atoms in total. The Balaban J connectivity index is 1.33. The number of fused-ring (bicyclic) bond motifs is 1. The second-order valence-electron chi connectivity index (χ2n) is 9.06. The lowest BCUT2D eigenvalue weighted by Gasteiger charge is -2.19. The van der Waals surface area contributed by atoms with Crippen LogP contribution in [-0.4, -0.2) is 35.4 Å². The van der Waals surface area contributed by atoms with Crippen LogP contribution in [0.1, 0.15) is 30.0 Å². The van der Waals surface area contributed by atoms with Crippen molar-refractivity contribution >= 4 is 33.6 Å². The molecule has 0 saturated heterocycles. The maximum atomic E-state index is 11.3. The van der Waals surface area contributed by atoms with Gasteiger partial charge in [-0.2, -0.15) is 0 Å². The molecular weight excluding hydrogens is 492 g/mol. The first-order valence-corrected chi connectivity index (χ1v) is 12.7. The minimum absolute atomic E-state index is 0.130. The van der Waals surface area contributed by atoms with Gasteiger partial charge in [0.05, 0.1) is 17.2 Å². The molecule has 0 unspecified atom stereocenters. The lowest BCUT2D eigenvalue weighted by molar-refractivity contribution is -0.383. The van der Waals surface area contributed by atoms with Crippen molar-refractivity contribution in [1.82, 2.24) is 10.3 Å². The summed E-state index contributed by atoms with van der Waals surface area (Å²) in [6.07, 6.45) is 0.899. The van der Waals surface area contributed by atoms with Gasteiger partial charge in [0.2, 0.25) is 5.52 Å². The van der Waals surface area contributed by atoms with Gasteiger partial charge in [-0.3, -0.25) is 10.1 Å². The van der Waals surface area contributed by atoms with E-state index in [0.717, 1.165) is 17.7 Å². The van der Waals surface area contributed by atoms with Gasteiger partial charge < -0.3 is 9.64 Å². The molecule has 196 valence electrons. The minimum Gasteiger partial charge on any atom is -0.492 e. The van der Waals surface area contributed by atoms with Crippen LogP contribution in [0.4, 0.5) is 11.4 Å². The highest BCUT2D eigenvalue weighted by Gasteiger charge is 2.21. The number of ether oxygens (including phenoxy) is 1. The largest absolute Gasteiger partial charge is 0.492 e. The summed E-state index contributed by atoms with van der Waals surface area (Å²) in [5, 5.41) is 18.8. The van der Waals surface area contributed by atoms with Gasteiger partial charge >= 0.3 is 5.69 Å². The van der Waals surface area contributed by atoms with Crippen LogP contribution in [0.2, 0.25) is 0 Å². The number of rotatable bonds is 10. The number of allylic oxidation sites excluding steroid dienone is 1. The van der Waals surface area contributed by atoms with E-state index in [1.54, 1.807) is 6.07 Å². The van der Waals surface area contributed by atoms with Gasteiger partial charge in [-0.15, -0.1) is 0 Å². The Hall–Kier alpha value is -4.98. The monoisotopic (exact) mass is 520 g/mol. The first-order valence-electron chi connectivity index (χ1n) is 12.7. The summed E-state index contributed by atoms with van der Waals surface area (Å²) >= 11 is 0. The second kappa shape index (κ2) is 11.6. The smallest absolute Gasteiger partial charge is 0.300 e. The van der Waals surface area contributed by atoms with Crippen molar-refractivity contribution in [1.29, 1.82) is 0 Å². The lowest BCUT2D eigenvalue weighted by Crippen LogP contribution is -2.24. The van der Waals surface area contributed by atoms with Crippen LogP contribution >= 0.6 is 0 Å². The molecule has 0 radical (unpaired) electrons. The standard InChI is InChI=1S/C31H28N4O4/c1-3-26(22-10-6-4-7-11-22)29(23-12-8-5-9-13-23)24-14-16-25(17-15-24)38-21-20-34(2)27-18-19-28(35(36)37)31-30(27)32-39-33-31/h4-19H,3,20-21H2,1-2H3/b29-26-. The fourth-order valence-corrected chi connectivity index (χ4v) is 4.72. The van der Waals surface area contributed by atoms with Crippen LogP contribution in [-0.2, 0) is 0 Å². The van der Waals surface area contributed by atoms with Gasteiger partial charge in [0.15, 0.2) is 5.52 Å². The molecule has 0 N–H and O–H groups in total. The molecule has 0 atom stereocenters. The molecule has 0 saturated carbocycles. The molecule has 1 heterocycles. The zero-order chi connectivity index (χ0) is 27.2. The van der Waals surface area contributed by atoms with Gasteiger partial charge in [0, 0.05) is 13.1 Å². The maximum absolute atomic E-state index is 11.3. The summed E-state index contributed by atoms with van der Waals surface area (Å²) in [6.45, 7) is 3.13. The quantitative estimate of drug-likeness (QED) is 0.111. The summed E-state index contributed by atoms with van der Waals surface area (Å²) in [5.74, 6) is 0.759. The Morgan fingerprint density at radius 3 is 2.10 bits per heavy atom. The number of anilines is 1. The molecular formula is C31H28N4O4. The van der Waals surface area contributed by atoms with Crippen LogP contribution in [0.25, 0.3) is 22.2 Å². The van der Waals surface area contributed by atoms with Crippen molar-refractivity contribution in [3.05, 3.63) is 124 Å². The van der Waals surface area contributed by atoms with E-state index >= 15 is 0 Å². The molecule has 0 aliphatic heterocycles. The number of non-ortho nitro benzene ring substituents is 1. The zero-order valence-corrected chi connectivity index (χ0v) is 21.8. The highest BCUT2D eigenvalue weighted by atomic mass is 16.6. The van der Waals surface area contributed by atoms with Crippen molar-refractivity contribution in [3.63, 3.8) is 0 Å². The molecule has 0 amide bonds. The van der Waals surface area contributed by atoms with Crippen LogP contribution in [0.5, 0.6) is 5.75 Å². The summed E-state index contributed by atoms with van der Waals surface area (Å²) in [4.78, 5) is 12.7. The van der Waals surface area contributed by atoms with Gasteiger partial charge in [0.25, 0.3) is 0 Å². The predicted octanol–water partition coefficient (Wildman–Crippen LogP) is 7.02. The number of nitro groups is 1. The molecule has 5 aromatic rings. The van der Waals surface area contributed by atoms with Crippen molar-refractivity contribution in [3.8, 4) is 5.75 Å². The van der Waals surface area contributed by atoms with Crippen molar-refractivity contribution in [2.75, 3.05) is 25.1 Å². The molecule has 0 spiro atoms. The topological polar surface area (TPSA) is 94.5 Å². The van der Waals surface area contributed by atoms with Gasteiger partial charge in [0.1, 0.15) is 12.4 Å². The normalized spacial score (nSPS) is 11.7. The highest BCUT2D eigenvalue weighted by molar-refractivity contribution is 5.98. The molecule has 0 aliphatic rings. The average Bonchev–Trinajstić information content (AvgIpc) is 3.47. The summed E-state index contributed by atoms with van der Waals surface area (Å²) in [6, 6.07) is 32.2. The first-order chi connectivity index (χ1) is 19.1. The van der Waals surface area contributed by atoms with Crippen molar-refractivity contribution in [2.45, 2.75) is 13.3 Å². The number of likely N-dealkylation sites (N-methyl/N-ethyl adjacent to an activating group) is 1. The van der Waals surface area contributed by atoms with E-state index < -0.39 is 4.92 Å². The van der Waals surface area contributed by atoms with Gasteiger partial charge in [-0.1, -0.05) is 79.7 Å². The first kappa shape index (κ1) is 25.7. The van der Waals surface area contributed by atoms with Crippen LogP contribution in [0.15, 0.2) is 102 Å². The summed E-state index contributed by atoms with van der Waals surface area (Å²) < 4.78 is 10.8. The lowest BCUT2D eigenvalue weighted by atomic mass is 9.88. The Morgan fingerprint density at radius 2 is 1.46 bits per heavy atom. The maximum Gasteiger partial charge on any atom is 0.300 e. The Morgan fingerprint density at radius 1 is 0.846 bits per heavy atom. The Labute approximate surface area is 226 Å². The molecule has 0 bridgehead atoms. The highest BCUT2D eigenvalue weighted by Crippen LogP contribution is 2.35. The molecule has 39 heavy (non-hydrogen) atoms. The zero-order valence-electron chi connectivity index (χ0n) is 21.8. The number of benzene rings is 4. The summed E-state index contributed by atoms with van der Waals surface area (Å²) in [7, 11) is 1.87. The third kappa shape index (κ3) is 5.50. The molecule has 0 aliphatic carbocycles. The number of nitrogens with zero attached hydrogens (tertiary/aromatic N) is 4. The van der Waals surface area contributed by atoms with Crippen LogP contribution in [0, 0.1) is 10.1 Å². The van der Waals surface area contributed by atoms with E-state index in [4.69, 9.17) is 9.37 Å². The molecule has 4 aromatic carbocycles. The fraction of sp³-hybridized carbons (Fsp3) is 0.161. The van der Waals surface area contributed by atoms with Crippen LogP contribution in [0.3, 0.4) is 0 Å². The Bertz CT molecular complexity index is 1600. The van der Waals surface area contributed by atoms with E-state index in [0.29, 0.717) is 24.4 Å². The third-order valence-corrected chi connectivity index (χ3v) is 6.66. The van der Waals surface area contributed by atoms with E-state index in [9.17, 15) is 10.1 Å². The SMILES string of the molecule is CC/C(=C(\c1ccccc1)c1ccc(OCCN(C)c2ccc([N+](=O)[O-])c3nonc23)cc1)c1ccccc1. The van der Waals surface area contributed by atoms with E-state index in [2.05, 4.69) is 77.9 Å². The Kier molecular flexibility index (Phi) is 7.63. The molecule has 0 fully saturated rings. The third-order valence-electron chi connectivity index (χ3n) is 6.66. The predicted molar refractivity (Wildman–Crippen MR) is 153 cm³/mol. The number of hydrogen-bond acceptors (Lipinski definition) is 7. The van der Waals surface area contributed by atoms with Crippen molar-refractivity contribution < 1.29 is 14.3 Å². The second-order valence-corrected chi connectivity index (χ2v) is 9.06. The molecule has 5 rings (SSSR count). The number of hydrogen-bond donors (Lipinski definition) is 0. The van der Waals surface area contributed by atoms with Gasteiger partial charge in [-0.25, -0.2) is 4.63 Å². The van der Waals surface area contributed by atoms with Crippen LogP contribution < -0.4 is 9.64 Å². The summed E-state index contributed by atoms with van der Waals surface area (Å²) in [5.41, 5.74) is 7.02. The fourth-order valence-electron chi connectivity index (χ4n) is 4.72.